The normalized spacial score (nSPS) is 22.3. The number of sulfone groups is 1. The van der Waals surface area contributed by atoms with Crippen molar-refractivity contribution in [3.05, 3.63) is 35.9 Å². The second-order valence-electron chi connectivity index (χ2n) is 7.20. The van der Waals surface area contributed by atoms with Crippen molar-refractivity contribution < 1.29 is 13.2 Å². The van der Waals surface area contributed by atoms with E-state index in [2.05, 4.69) is 27.7 Å². The lowest BCUT2D eigenvalue weighted by atomic mass is 9.95. The maximum absolute atomic E-state index is 12.9. The third-order valence-electron chi connectivity index (χ3n) is 5.39. The highest BCUT2D eigenvalue weighted by Gasteiger charge is 2.49. The second-order valence-corrected chi connectivity index (χ2v) is 9.52. The molecule has 2 N–H and O–H groups in total. The van der Waals surface area contributed by atoms with Gasteiger partial charge in [-0.25, -0.2) is 8.42 Å². The Balaban J connectivity index is 0.00000182. The fourth-order valence-electron chi connectivity index (χ4n) is 3.85. The molecule has 27 heavy (non-hydrogen) atoms. The molecule has 3 rings (SSSR count). The van der Waals surface area contributed by atoms with Crippen LogP contribution in [0, 0.1) is 0 Å². The van der Waals surface area contributed by atoms with Crippen LogP contribution in [-0.2, 0) is 21.2 Å². The van der Waals surface area contributed by atoms with Crippen LogP contribution in [0.2, 0.25) is 0 Å². The minimum Gasteiger partial charge on any atom is -0.351 e. The average Bonchev–Trinajstić information content (AvgIpc) is 3.02. The van der Waals surface area contributed by atoms with Gasteiger partial charge >= 0.3 is 0 Å². The lowest BCUT2D eigenvalue weighted by Crippen LogP contribution is -2.59. The third kappa shape index (κ3) is 5.57. The van der Waals surface area contributed by atoms with E-state index in [0.717, 1.165) is 26.1 Å². The van der Waals surface area contributed by atoms with Crippen LogP contribution in [0.25, 0.3) is 0 Å². The van der Waals surface area contributed by atoms with E-state index >= 15 is 0 Å². The van der Waals surface area contributed by atoms with E-state index < -0.39 is 14.6 Å². The first-order valence-corrected chi connectivity index (χ1v) is 10.8. The Bertz CT molecular complexity index is 710. The van der Waals surface area contributed by atoms with E-state index in [9.17, 15) is 13.2 Å². The van der Waals surface area contributed by atoms with Crippen LogP contribution in [0.4, 0.5) is 0 Å². The molecule has 2 saturated heterocycles. The summed E-state index contributed by atoms with van der Waals surface area (Å²) in [5, 5.41) is 6.17. The molecule has 0 radical (unpaired) electrons. The standard InChI is InChI=1S/C18H27N3O3S.2ClH/c1-25(23,24)18(8-10-19-11-9-18)17(22)20-16-7-12-21(14-16)13-15-5-3-2-4-6-15;;/h2-6,16,19H,7-14H2,1H3,(H,20,22);2*1H. The maximum atomic E-state index is 12.9. The molecule has 0 saturated carbocycles. The fourth-order valence-corrected chi connectivity index (χ4v) is 5.19. The molecule has 2 fully saturated rings. The van der Waals surface area contributed by atoms with E-state index in [1.54, 1.807) is 0 Å². The molecule has 1 unspecified atom stereocenters. The molecule has 9 heteroatoms. The fraction of sp³-hybridized carbons (Fsp3) is 0.611. The van der Waals surface area contributed by atoms with Crippen LogP contribution in [0.3, 0.4) is 0 Å². The first kappa shape index (κ1) is 24.2. The van der Waals surface area contributed by atoms with Crippen molar-refractivity contribution in [1.82, 2.24) is 15.5 Å². The molecule has 1 atom stereocenters. The van der Waals surface area contributed by atoms with Gasteiger partial charge in [0.05, 0.1) is 0 Å². The summed E-state index contributed by atoms with van der Waals surface area (Å²) in [5.41, 5.74) is 1.25. The van der Waals surface area contributed by atoms with Crippen molar-refractivity contribution in [3.8, 4) is 0 Å². The van der Waals surface area contributed by atoms with Gasteiger partial charge in [0.1, 0.15) is 0 Å². The molecule has 2 aliphatic heterocycles. The monoisotopic (exact) mass is 437 g/mol. The molecular formula is C18H29Cl2N3O3S. The Morgan fingerprint density at radius 2 is 1.85 bits per heavy atom. The zero-order valence-corrected chi connectivity index (χ0v) is 18.0. The van der Waals surface area contributed by atoms with Crippen molar-refractivity contribution in [1.29, 1.82) is 0 Å². The highest BCUT2D eigenvalue weighted by atomic mass is 35.5. The van der Waals surface area contributed by atoms with Crippen LogP contribution in [0.5, 0.6) is 0 Å². The topological polar surface area (TPSA) is 78.5 Å². The number of hydrogen-bond donors (Lipinski definition) is 2. The number of likely N-dealkylation sites (tertiary alicyclic amines) is 1. The van der Waals surface area contributed by atoms with Crippen LogP contribution < -0.4 is 10.6 Å². The summed E-state index contributed by atoms with van der Waals surface area (Å²) in [5.74, 6) is -0.317. The maximum Gasteiger partial charge on any atom is 0.241 e. The number of amides is 1. The minimum absolute atomic E-state index is 0. The molecule has 1 amide bonds. The minimum atomic E-state index is -3.46. The summed E-state index contributed by atoms with van der Waals surface area (Å²) in [7, 11) is -3.46. The molecule has 0 spiro atoms. The van der Waals surface area contributed by atoms with Gasteiger partial charge in [0.2, 0.25) is 5.91 Å². The molecule has 0 aromatic heterocycles. The summed E-state index contributed by atoms with van der Waals surface area (Å²) in [6, 6.07) is 10.3. The zero-order valence-electron chi connectivity index (χ0n) is 15.5. The van der Waals surface area contributed by atoms with Gasteiger partial charge < -0.3 is 10.6 Å². The van der Waals surface area contributed by atoms with Gasteiger partial charge in [0.15, 0.2) is 14.6 Å². The Morgan fingerprint density at radius 1 is 1.22 bits per heavy atom. The van der Waals surface area contributed by atoms with Gasteiger partial charge in [0.25, 0.3) is 0 Å². The summed E-state index contributed by atoms with van der Waals surface area (Å²) < 4.78 is 23.4. The van der Waals surface area contributed by atoms with Gasteiger partial charge in [-0.2, -0.15) is 0 Å². The largest absolute Gasteiger partial charge is 0.351 e. The zero-order chi connectivity index (χ0) is 17.9. The van der Waals surface area contributed by atoms with Crippen molar-refractivity contribution in [3.63, 3.8) is 0 Å². The quantitative estimate of drug-likeness (QED) is 0.727. The first-order chi connectivity index (χ1) is 11.9. The number of rotatable bonds is 5. The highest BCUT2D eigenvalue weighted by Crippen LogP contribution is 2.28. The van der Waals surface area contributed by atoms with Crippen molar-refractivity contribution in [2.45, 2.75) is 36.6 Å². The lowest BCUT2D eigenvalue weighted by molar-refractivity contribution is -0.125. The van der Waals surface area contributed by atoms with Crippen LogP contribution in [-0.4, -0.2) is 62.4 Å². The molecule has 0 aliphatic carbocycles. The van der Waals surface area contributed by atoms with E-state index in [1.807, 2.05) is 18.2 Å². The molecule has 6 nitrogen and oxygen atoms in total. The third-order valence-corrected chi connectivity index (χ3v) is 7.40. The molecule has 154 valence electrons. The summed E-state index contributed by atoms with van der Waals surface area (Å²) in [6.45, 7) is 3.65. The smallest absolute Gasteiger partial charge is 0.241 e. The summed E-state index contributed by atoms with van der Waals surface area (Å²) in [4.78, 5) is 15.2. The van der Waals surface area contributed by atoms with Gasteiger partial charge in [-0.05, 0) is 37.9 Å². The Kier molecular flexibility index (Phi) is 9.02. The Hall–Kier alpha value is -0.860. The number of halogens is 2. The highest BCUT2D eigenvalue weighted by molar-refractivity contribution is 7.92. The second kappa shape index (κ2) is 10.1. The van der Waals surface area contributed by atoms with E-state index in [1.165, 1.54) is 11.8 Å². The van der Waals surface area contributed by atoms with Gasteiger partial charge in [0, 0.05) is 31.9 Å². The molecule has 2 heterocycles. The Labute approximate surface area is 174 Å². The predicted octanol–water partition coefficient (Wildman–Crippen LogP) is 1.39. The number of nitrogens with zero attached hydrogens (tertiary/aromatic N) is 1. The van der Waals surface area contributed by atoms with Crippen LogP contribution in [0.1, 0.15) is 24.8 Å². The number of carbonyl (C=O) groups excluding carboxylic acids is 1. The number of carbonyl (C=O) groups is 1. The lowest BCUT2D eigenvalue weighted by Gasteiger charge is -2.35. The molecule has 1 aromatic carbocycles. The SMILES string of the molecule is CS(=O)(=O)C1(C(=O)NC2CCN(Cc3ccccc3)C2)CCNCC1.Cl.Cl. The number of hydrogen-bond acceptors (Lipinski definition) is 5. The van der Waals surface area contributed by atoms with E-state index in [4.69, 9.17) is 0 Å². The van der Waals surface area contributed by atoms with E-state index in [0.29, 0.717) is 25.9 Å². The summed E-state index contributed by atoms with van der Waals surface area (Å²) >= 11 is 0. The predicted molar refractivity (Wildman–Crippen MR) is 112 cm³/mol. The summed E-state index contributed by atoms with van der Waals surface area (Å²) in [6.07, 6.45) is 2.74. The first-order valence-electron chi connectivity index (χ1n) is 8.88. The number of benzene rings is 1. The van der Waals surface area contributed by atoms with Crippen molar-refractivity contribution in [2.75, 3.05) is 32.4 Å². The van der Waals surface area contributed by atoms with Crippen molar-refractivity contribution >= 4 is 40.6 Å². The molecular weight excluding hydrogens is 409 g/mol. The number of nitrogens with one attached hydrogen (secondary N) is 2. The van der Waals surface area contributed by atoms with E-state index in [-0.39, 0.29) is 36.8 Å². The van der Waals surface area contributed by atoms with Gasteiger partial charge in [-0.15, -0.1) is 24.8 Å². The molecule has 2 aliphatic rings. The van der Waals surface area contributed by atoms with Crippen molar-refractivity contribution in [2.24, 2.45) is 0 Å². The van der Waals surface area contributed by atoms with Gasteiger partial charge in [-0.1, -0.05) is 30.3 Å². The molecule has 0 bridgehead atoms. The average molecular weight is 438 g/mol. The number of piperidine rings is 1. The molecule has 1 aromatic rings. The van der Waals surface area contributed by atoms with Gasteiger partial charge in [-0.3, -0.25) is 9.69 Å². The van der Waals surface area contributed by atoms with Crippen LogP contribution >= 0.6 is 24.8 Å². The van der Waals surface area contributed by atoms with Crippen LogP contribution in [0.15, 0.2) is 30.3 Å². The Morgan fingerprint density at radius 3 is 2.44 bits per heavy atom.